The molecule has 0 unspecified atom stereocenters. The summed E-state index contributed by atoms with van der Waals surface area (Å²) in [6.45, 7) is 6.96. The standard InChI is InChI=1S/C13H21N3O/c1-13(2,3)14-8-10-7-11(17)16-12(15-10)9-5-4-6-9/h7,9,14H,4-6,8H2,1-3H3,(H,15,16,17). The molecular weight excluding hydrogens is 214 g/mol. The first-order chi connectivity index (χ1) is 7.94. The third-order valence-electron chi connectivity index (χ3n) is 3.10. The molecule has 0 radical (unpaired) electrons. The van der Waals surface area contributed by atoms with Crippen molar-refractivity contribution in [1.82, 2.24) is 15.3 Å². The Labute approximate surface area is 102 Å². The van der Waals surface area contributed by atoms with Gasteiger partial charge in [0.25, 0.3) is 5.56 Å². The van der Waals surface area contributed by atoms with Gasteiger partial charge in [0.15, 0.2) is 0 Å². The molecule has 1 fully saturated rings. The molecule has 94 valence electrons. The minimum Gasteiger partial charge on any atom is -0.310 e. The van der Waals surface area contributed by atoms with Crippen LogP contribution in [-0.2, 0) is 6.54 Å². The highest BCUT2D eigenvalue weighted by Gasteiger charge is 2.22. The molecule has 2 N–H and O–H groups in total. The van der Waals surface area contributed by atoms with Gasteiger partial charge in [-0.2, -0.15) is 0 Å². The van der Waals surface area contributed by atoms with Crippen molar-refractivity contribution in [3.8, 4) is 0 Å². The van der Waals surface area contributed by atoms with Gasteiger partial charge in [-0.15, -0.1) is 0 Å². The van der Waals surface area contributed by atoms with Crippen LogP contribution < -0.4 is 10.9 Å². The smallest absolute Gasteiger partial charge is 0.251 e. The highest BCUT2D eigenvalue weighted by Crippen LogP contribution is 2.33. The van der Waals surface area contributed by atoms with Crippen molar-refractivity contribution in [3.63, 3.8) is 0 Å². The Hall–Kier alpha value is -1.16. The van der Waals surface area contributed by atoms with Crippen molar-refractivity contribution in [2.75, 3.05) is 0 Å². The van der Waals surface area contributed by atoms with Crippen molar-refractivity contribution < 1.29 is 0 Å². The molecule has 1 saturated carbocycles. The van der Waals surface area contributed by atoms with E-state index in [0.29, 0.717) is 12.5 Å². The number of nitrogens with zero attached hydrogens (tertiary/aromatic N) is 1. The van der Waals surface area contributed by atoms with Crippen molar-refractivity contribution in [3.05, 3.63) is 27.9 Å². The summed E-state index contributed by atoms with van der Waals surface area (Å²) in [5.74, 6) is 1.34. The summed E-state index contributed by atoms with van der Waals surface area (Å²) in [6.07, 6.45) is 3.55. The van der Waals surface area contributed by atoms with Crippen LogP contribution in [0.25, 0.3) is 0 Å². The summed E-state index contributed by atoms with van der Waals surface area (Å²) in [6, 6.07) is 1.58. The zero-order valence-corrected chi connectivity index (χ0v) is 10.8. The highest BCUT2D eigenvalue weighted by atomic mass is 16.1. The molecule has 4 nitrogen and oxygen atoms in total. The van der Waals surface area contributed by atoms with Crippen molar-refractivity contribution in [2.24, 2.45) is 0 Å². The molecule has 0 bridgehead atoms. The first-order valence-electron chi connectivity index (χ1n) is 6.29. The second kappa shape index (κ2) is 4.61. The van der Waals surface area contributed by atoms with Crippen LogP contribution in [0.2, 0.25) is 0 Å². The van der Waals surface area contributed by atoms with E-state index in [4.69, 9.17) is 0 Å². The van der Waals surface area contributed by atoms with E-state index >= 15 is 0 Å². The van der Waals surface area contributed by atoms with Crippen LogP contribution >= 0.6 is 0 Å². The van der Waals surface area contributed by atoms with E-state index in [0.717, 1.165) is 24.4 Å². The molecular formula is C13H21N3O. The lowest BCUT2D eigenvalue weighted by atomic mass is 9.85. The fourth-order valence-corrected chi connectivity index (χ4v) is 1.85. The van der Waals surface area contributed by atoms with Gasteiger partial charge in [0.2, 0.25) is 0 Å². The molecule has 2 rings (SSSR count). The van der Waals surface area contributed by atoms with Crippen molar-refractivity contribution in [1.29, 1.82) is 0 Å². The second-order valence-electron chi connectivity index (χ2n) is 5.85. The fraction of sp³-hybridized carbons (Fsp3) is 0.692. The topological polar surface area (TPSA) is 57.8 Å². The van der Waals surface area contributed by atoms with E-state index < -0.39 is 0 Å². The Morgan fingerprint density at radius 2 is 2.18 bits per heavy atom. The first-order valence-corrected chi connectivity index (χ1v) is 6.29. The van der Waals surface area contributed by atoms with Crippen molar-refractivity contribution >= 4 is 0 Å². The predicted octanol–water partition coefficient (Wildman–Crippen LogP) is 1.93. The van der Waals surface area contributed by atoms with Gasteiger partial charge in [-0.25, -0.2) is 4.98 Å². The fourth-order valence-electron chi connectivity index (χ4n) is 1.85. The number of aromatic amines is 1. The molecule has 17 heavy (non-hydrogen) atoms. The maximum absolute atomic E-state index is 11.6. The van der Waals surface area contributed by atoms with Crippen molar-refractivity contribution in [2.45, 2.75) is 58.0 Å². The normalized spacial score (nSPS) is 16.9. The number of H-pyrrole nitrogens is 1. The maximum Gasteiger partial charge on any atom is 0.251 e. The molecule has 1 aliphatic rings. The largest absolute Gasteiger partial charge is 0.310 e. The molecule has 0 spiro atoms. The number of aromatic nitrogens is 2. The Balaban J connectivity index is 2.11. The first kappa shape index (κ1) is 12.3. The third-order valence-corrected chi connectivity index (χ3v) is 3.10. The monoisotopic (exact) mass is 235 g/mol. The van der Waals surface area contributed by atoms with Crippen LogP contribution in [-0.4, -0.2) is 15.5 Å². The van der Waals surface area contributed by atoms with Gasteiger partial charge in [0, 0.05) is 24.1 Å². The predicted molar refractivity (Wildman–Crippen MR) is 68.0 cm³/mol. The maximum atomic E-state index is 11.6. The molecule has 1 aliphatic carbocycles. The Morgan fingerprint density at radius 1 is 1.47 bits per heavy atom. The zero-order valence-electron chi connectivity index (χ0n) is 10.8. The molecule has 0 amide bonds. The Morgan fingerprint density at radius 3 is 2.71 bits per heavy atom. The summed E-state index contributed by atoms with van der Waals surface area (Å²) < 4.78 is 0. The van der Waals surface area contributed by atoms with Crippen LogP contribution in [0, 0.1) is 0 Å². The van der Waals surface area contributed by atoms with E-state index in [1.165, 1.54) is 6.42 Å². The van der Waals surface area contributed by atoms with Gasteiger partial charge >= 0.3 is 0 Å². The number of hydrogen-bond acceptors (Lipinski definition) is 3. The Bertz CT molecular complexity index is 441. The van der Waals surface area contributed by atoms with E-state index in [1.54, 1.807) is 6.07 Å². The molecule has 0 aliphatic heterocycles. The summed E-state index contributed by atoms with van der Waals surface area (Å²) in [4.78, 5) is 18.9. The summed E-state index contributed by atoms with van der Waals surface area (Å²) in [5.41, 5.74) is 0.846. The average Bonchev–Trinajstić information content (AvgIpc) is 2.10. The van der Waals surface area contributed by atoms with Gasteiger partial charge in [0.1, 0.15) is 5.82 Å². The number of hydrogen-bond donors (Lipinski definition) is 2. The van der Waals surface area contributed by atoms with Crippen LogP contribution in [0.15, 0.2) is 10.9 Å². The van der Waals surface area contributed by atoms with E-state index in [9.17, 15) is 4.79 Å². The molecule has 0 saturated heterocycles. The minimum absolute atomic E-state index is 0.0346. The van der Waals surface area contributed by atoms with Crippen LogP contribution in [0.3, 0.4) is 0 Å². The summed E-state index contributed by atoms with van der Waals surface area (Å²) in [7, 11) is 0. The zero-order chi connectivity index (χ0) is 12.5. The molecule has 0 atom stereocenters. The molecule has 1 aromatic rings. The van der Waals surface area contributed by atoms with E-state index in [2.05, 4.69) is 36.1 Å². The lowest BCUT2D eigenvalue weighted by Crippen LogP contribution is -2.36. The number of rotatable bonds is 3. The highest BCUT2D eigenvalue weighted by molar-refractivity contribution is 5.08. The minimum atomic E-state index is -0.0346. The average molecular weight is 235 g/mol. The van der Waals surface area contributed by atoms with Crippen LogP contribution in [0.5, 0.6) is 0 Å². The lowest BCUT2D eigenvalue weighted by Gasteiger charge is -2.25. The third kappa shape index (κ3) is 3.40. The molecule has 1 aromatic heterocycles. The molecule has 0 aromatic carbocycles. The Kier molecular flexibility index (Phi) is 3.33. The second-order valence-corrected chi connectivity index (χ2v) is 5.85. The molecule has 4 heteroatoms. The van der Waals surface area contributed by atoms with Crippen LogP contribution in [0.4, 0.5) is 0 Å². The lowest BCUT2D eigenvalue weighted by molar-refractivity contribution is 0.394. The summed E-state index contributed by atoms with van der Waals surface area (Å²) in [5, 5.41) is 3.35. The van der Waals surface area contributed by atoms with Gasteiger partial charge in [-0.05, 0) is 33.6 Å². The van der Waals surface area contributed by atoms with Gasteiger partial charge in [0.05, 0.1) is 5.69 Å². The van der Waals surface area contributed by atoms with E-state index in [1.807, 2.05) is 0 Å². The van der Waals surface area contributed by atoms with Gasteiger partial charge in [-0.3, -0.25) is 4.79 Å². The van der Waals surface area contributed by atoms with Gasteiger partial charge in [-0.1, -0.05) is 6.42 Å². The molecule has 1 heterocycles. The van der Waals surface area contributed by atoms with E-state index in [-0.39, 0.29) is 11.1 Å². The SMILES string of the molecule is CC(C)(C)NCc1cc(=O)[nH]c(C2CCC2)n1. The number of nitrogens with one attached hydrogen (secondary N) is 2. The van der Waals surface area contributed by atoms with Gasteiger partial charge < -0.3 is 10.3 Å². The quantitative estimate of drug-likeness (QED) is 0.841. The summed E-state index contributed by atoms with van der Waals surface area (Å²) >= 11 is 0. The van der Waals surface area contributed by atoms with Crippen LogP contribution in [0.1, 0.15) is 57.5 Å².